The van der Waals surface area contributed by atoms with E-state index < -0.39 is 0 Å². The van der Waals surface area contributed by atoms with Crippen LogP contribution in [0.4, 0.5) is 0 Å². The first-order valence-electron chi connectivity index (χ1n) is 7.18. The van der Waals surface area contributed by atoms with E-state index in [1.54, 1.807) is 0 Å². The number of fused-ring (bicyclic) bond motifs is 1. The Morgan fingerprint density at radius 1 is 1.33 bits per heavy atom. The van der Waals surface area contributed by atoms with Gasteiger partial charge in [-0.1, -0.05) is 15.9 Å². The Bertz CT molecular complexity index is 685. The molecule has 21 heavy (non-hydrogen) atoms. The molecule has 4 nitrogen and oxygen atoms in total. The molecular formula is C16H19BrN2O2. The minimum atomic E-state index is 0.0572. The molecule has 2 atom stereocenters. The van der Waals surface area contributed by atoms with Crippen molar-refractivity contribution in [2.45, 2.75) is 33.0 Å². The van der Waals surface area contributed by atoms with Crippen molar-refractivity contribution in [2.75, 3.05) is 13.1 Å². The molecule has 112 valence electrons. The number of carbonyl (C=O) groups is 1. The Morgan fingerprint density at radius 2 is 2.00 bits per heavy atom. The fraction of sp³-hybridized carbons (Fsp3) is 0.438. The predicted octanol–water partition coefficient (Wildman–Crippen LogP) is 3.49. The number of rotatable bonds is 1. The second-order valence-electron chi connectivity index (χ2n) is 5.78. The zero-order valence-corrected chi connectivity index (χ0v) is 14.0. The highest BCUT2D eigenvalue weighted by Crippen LogP contribution is 2.26. The fourth-order valence-corrected chi connectivity index (χ4v) is 3.38. The molecule has 1 aromatic carbocycles. The van der Waals surface area contributed by atoms with E-state index in [1.165, 1.54) is 0 Å². The number of nitrogens with one attached hydrogen (secondary N) is 1. The van der Waals surface area contributed by atoms with Crippen molar-refractivity contribution < 1.29 is 9.53 Å². The number of benzene rings is 1. The lowest BCUT2D eigenvalue weighted by Gasteiger charge is -2.35. The number of aryl methyl sites for hydroxylation is 1. The number of aromatic amines is 1. The molecule has 0 aliphatic carbocycles. The number of H-pyrrole nitrogens is 1. The number of nitrogens with zero attached hydrogens (tertiary/aromatic N) is 1. The van der Waals surface area contributed by atoms with Crippen LogP contribution in [0.5, 0.6) is 0 Å². The lowest BCUT2D eigenvalue weighted by Crippen LogP contribution is -2.48. The summed E-state index contributed by atoms with van der Waals surface area (Å²) in [6.07, 6.45) is 0.160. The average Bonchev–Trinajstić information content (AvgIpc) is 2.74. The largest absolute Gasteiger partial charge is 0.372 e. The summed E-state index contributed by atoms with van der Waals surface area (Å²) < 4.78 is 6.72. The number of halogens is 1. The van der Waals surface area contributed by atoms with Crippen LogP contribution in [0.1, 0.15) is 29.9 Å². The second kappa shape index (κ2) is 5.46. The van der Waals surface area contributed by atoms with E-state index in [0.717, 1.165) is 20.9 Å². The molecule has 1 amide bonds. The first-order chi connectivity index (χ1) is 9.95. The third-order valence-corrected chi connectivity index (χ3v) is 4.43. The summed E-state index contributed by atoms with van der Waals surface area (Å²) in [6.45, 7) is 7.28. The maximum Gasteiger partial charge on any atom is 0.270 e. The van der Waals surface area contributed by atoms with Crippen molar-refractivity contribution in [3.63, 3.8) is 0 Å². The van der Waals surface area contributed by atoms with Crippen LogP contribution < -0.4 is 0 Å². The van der Waals surface area contributed by atoms with Crippen molar-refractivity contribution in [2.24, 2.45) is 0 Å². The van der Waals surface area contributed by atoms with E-state index in [1.807, 2.05) is 43.9 Å². The summed E-state index contributed by atoms with van der Waals surface area (Å²) in [5, 5.41) is 1.09. The molecule has 0 unspecified atom stereocenters. The standard InChI is InChI=1S/C16H19BrN2O2/c1-9-7-19(8-10(2)21-9)16(20)15-11(3)13-6-12(17)4-5-14(13)18-15/h4-6,9-10,18H,7-8H2,1-3H3/t9-,10-/m0/s1. The van der Waals surface area contributed by atoms with Crippen molar-refractivity contribution in [1.29, 1.82) is 0 Å². The molecule has 1 aliphatic rings. The van der Waals surface area contributed by atoms with Crippen LogP contribution in [0.3, 0.4) is 0 Å². The topological polar surface area (TPSA) is 45.3 Å². The van der Waals surface area contributed by atoms with Crippen LogP contribution in [0.15, 0.2) is 22.7 Å². The molecule has 1 aliphatic heterocycles. The normalized spacial score (nSPS) is 22.8. The molecular weight excluding hydrogens is 332 g/mol. The van der Waals surface area contributed by atoms with E-state index in [2.05, 4.69) is 20.9 Å². The Kier molecular flexibility index (Phi) is 3.80. The molecule has 2 heterocycles. The molecule has 0 spiro atoms. The number of carbonyl (C=O) groups excluding carboxylic acids is 1. The van der Waals surface area contributed by atoms with Crippen molar-refractivity contribution in [1.82, 2.24) is 9.88 Å². The number of hydrogen-bond donors (Lipinski definition) is 1. The molecule has 0 radical (unpaired) electrons. The summed E-state index contributed by atoms with van der Waals surface area (Å²) in [7, 11) is 0. The first-order valence-corrected chi connectivity index (χ1v) is 7.97. The number of ether oxygens (including phenoxy) is 1. The van der Waals surface area contributed by atoms with E-state index in [9.17, 15) is 4.79 Å². The summed E-state index contributed by atoms with van der Waals surface area (Å²) in [6, 6.07) is 6.02. The summed E-state index contributed by atoms with van der Waals surface area (Å²) in [4.78, 5) is 17.9. The minimum Gasteiger partial charge on any atom is -0.372 e. The highest BCUT2D eigenvalue weighted by molar-refractivity contribution is 9.10. The van der Waals surface area contributed by atoms with Crippen LogP contribution in [0.25, 0.3) is 10.9 Å². The second-order valence-corrected chi connectivity index (χ2v) is 6.70. The van der Waals surface area contributed by atoms with Crippen LogP contribution >= 0.6 is 15.9 Å². The zero-order chi connectivity index (χ0) is 15.1. The van der Waals surface area contributed by atoms with Gasteiger partial charge in [0.05, 0.1) is 12.2 Å². The predicted molar refractivity (Wildman–Crippen MR) is 86.6 cm³/mol. The van der Waals surface area contributed by atoms with Gasteiger partial charge >= 0.3 is 0 Å². The molecule has 5 heteroatoms. The molecule has 1 fully saturated rings. The Balaban J connectivity index is 1.96. The number of hydrogen-bond acceptors (Lipinski definition) is 2. The lowest BCUT2D eigenvalue weighted by molar-refractivity contribution is -0.0587. The molecule has 3 rings (SSSR count). The van der Waals surface area contributed by atoms with Gasteiger partial charge in [0.1, 0.15) is 5.69 Å². The monoisotopic (exact) mass is 350 g/mol. The quantitative estimate of drug-likeness (QED) is 0.855. The first kappa shape index (κ1) is 14.6. The molecule has 0 bridgehead atoms. The van der Waals surface area contributed by atoms with Crippen LogP contribution in [-0.2, 0) is 4.74 Å². The summed E-state index contributed by atoms with van der Waals surface area (Å²) in [5.41, 5.74) is 2.68. The molecule has 1 saturated heterocycles. The maximum absolute atomic E-state index is 12.8. The Labute approximate surface area is 132 Å². The van der Waals surface area contributed by atoms with E-state index in [-0.39, 0.29) is 18.1 Å². The van der Waals surface area contributed by atoms with Gasteiger partial charge in [-0.05, 0) is 44.5 Å². The van der Waals surface area contributed by atoms with Crippen LogP contribution in [0.2, 0.25) is 0 Å². The Morgan fingerprint density at radius 3 is 2.67 bits per heavy atom. The van der Waals surface area contributed by atoms with Gasteiger partial charge in [-0.15, -0.1) is 0 Å². The van der Waals surface area contributed by atoms with Gasteiger partial charge in [-0.3, -0.25) is 4.79 Å². The van der Waals surface area contributed by atoms with Gasteiger partial charge in [-0.2, -0.15) is 0 Å². The highest BCUT2D eigenvalue weighted by atomic mass is 79.9. The highest BCUT2D eigenvalue weighted by Gasteiger charge is 2.28. The third-order valence-electron chi connectivity index (χ3n) is 3.94. The Hall–Kier alpha value is -1.33. The maximum atomic E-state index is 12.8. The smallest absolute Gasteiger partial charge is 0.270 e. The van der Waals surface area contributed by atoms with Gasteiger partial charge in [0.15, 0.2) is 0 Å². The molecule has 0 saturated carbocycles. The number of aromatic nitrogens is 1. The van der Waals surface area contributed by atoms with E-state index >= 15 is 0 Å². The van der Waals surface area contributed by atoms with Gasteiger partial charge in [0.25, 0.3) is 5.91 Å². The van der Waals surface area contributed by atoms with Gasteiger partial charge in [-0.25, -0.2) is 0 Å². The van der Waals surface area contributed by atoms with Gasteiger partial charge in [0, 0.05) is 28.5 Å². The van der Waals surface area contributed by atoms with Crippen LogP contribution in [0, 0.1) is 6.92 Å². The molecule has 2 aromatic rings. The SMILES string of the molecule is Cc1c(C(=O)N2C[C@H](C)O[C@@H](C)C2)[nH]c2ccc(Br)cc12. The lowest BCUT2D eigenvalue weighted by atomic mass is 10.1. The fourth-order valence-electron chi connectivity index (χ4n) is 3.01. The minimum absolute atomic E-state index is 0.0572. The molecule has 1 aromatic heterocycles. The summed E-state index contributed by atoms with van der Waals surface area (Å²) >= 11 is 3.48. The summed E-state index contributed by atoms with van der Waals surface area (Å²) in [5.74, 6) is 0.0572. The third kappa shape index (κ3) is 2.72. The van der Waals surface area contributed by atoms with E-state index in [4.69, 9.17) is 4.74 Å². The van der Waals surface area contributed by atoms with Gasteiger partial charge in [0.2, 0.25) is 0 Å². The van der Waals surface area contributed by atoms with Crippen molar-refractivity contribution >= 4 is 32.7 Å². The van der Waals surface area contributed by atoms with Crippen molar-refractivity contribution in [3.8, 4) is 0 Å². The van der Waals surface area contributed by atoms with Crippen LogP contribution in [-0.4, -0.2) is 41.1 Å². The van der Waals surface area contributed by atoms with E-state index in [0.29, 0.717) is 18.8 Å². The number of amides is 1. The average molecular weight is 351 g/mol. The molecule has 1 N–H and O–H groups in total. The van der Waals surface area contributed by atoms with Gasteiger partial charge < -0.3 is 14.6 Å². The van der Waals surface area contributed by atoms with Crippen molar-refractivity contribution in [3.05, 3.63) is 33.9 Å². The zero-order valence-electron chi connectivity index (χ0n) is 12.4. The number of morpholine rings is 1.